The minimum atomic E-state index is -1.27. The van der Waals surface area contributed by atoms with Gasteiger partial charge >= 0.3 is 6.09 Å². The number of anilines is 3. The van der Waals surface area contributed by atoms with E-state index in [9.17, 15) is 14.4 Å². The molecule has 8 heteroatoms. The SMILES string of the molecule is CC(=O)Nc1ccc(C(=O)Nc2nc(-c3ccccc3)ccc2NC(=O)O)cc1. The number of benzene rings is 2. The topological polar surface area (TPSA) is 120 Å². The minimum Gasteiger partial charge on any atom is -0.465 e. The van der Waals surface area contributed by atoms with Crippen molar-refractivity contribution in [1.29, 1.82) is 0 Å². The highest BCUT2D eigenvalue weighted by Gasteiger charge is 2.14. The molecule has 0 aliphatic rings. The molecule has 3 aromatic rings. The Kier molecular flexibility index (Phi) is 5.84. The van der Waals surface area contributed by atoms with Crippen molar-refractivity contribution in [2.45, 2.75) is 6.92 Å². The number of carbonyl (C=O) groups excluding carboxylic acids is 2. The van der Waals surface area contributed by atoms with Gasteiger partial charge in [-0.2, -0.15) is 0 Å². The zero-order valence-corrected chi connectivity index (χ0v) is 15.5. The smallest absolute Gasteiger partial charge is 0.409 e. The molecule has 29 heavy (non-hydrogen) atoms. The van der Waals surface area contributed by atoms with Crippen molar-refractivity contribution in [2.75, 3.05) is 16.0 Å². The van der Waals surface area contributed by atoms with Crippen LogP contribution < -0.4 is 16.0 Å². The van der Waals surface area contributed by atoms with Crippen LogP contribution in [0.15, 0.2) is 66.7 Å². The Morgan fingerprint density at radius 2 is 1.52 bits per heavy atom. The maximum absolute atomic E-state index is 12.6. The maximum Gasteiger partial charge on any atom is 0.409 e. The molecule has 0 saturated heterocycles. The summed E-state index contributed by atoms with van der Waals surface area (Å²) in [7, 11) is 0. The normalized spacial score (nSPS) is 10.1. The van der Waals surface area contributed by atoms with E-state index in [0.717, 1.165) is 5.56 Å². The lowest BCUT2D eigenvalue weighted by atomic mass is 10.1. The first-order valence-electron chi connectivity index (χ1n) is 8.68. The second kappa shape index (κ2) is 8.66. The molecule has 1 aromatic heterocycles. The number of nitrogens with zero attached hydrogens (tertiary/aromatic N) is 1. The van der Waals surface area contributed by atoms with E-state index in [1.165, 1.54) is 6.92 Å². The molecule has 0 radical (unpaired) electrons. The van der Waals surface area contributed by atoms with Gasteiger partial charge in [-0.15, -0.1) is 0 Å². The molecular formula is C21H18N4O4. The Morgan fingerprint density at radius 1 is 0.828 bits per heavy atom. The molecule has 0 unspecified atom stereocenters. The number of rotatable bonds is 5. The summed E-state index contributed by atoms with van der Waals surface area (Å²) in [5.41, 5.74) is 2.45. The first-order chi connectivity index (χ1) is 13.9. The number of pyridine rings is 1. The quantitative estimate of drug-likeness (QED) is 0.524. The zero-order valence-electron chi connectivity index (χ0n) is 15.5. The van der Waals surface area contributed by atoms with Gasteiger partial charge in [0, 0.05) is 23.7 Å². The fourth-order valence-corrected chi connectivity index (χ4v) is 2.63. The van der Waals surface area contributed by atoms with Crippen molar-refractivity contribution in [3.8, 4) is 11.3 Å². The highest BCUT2D eigenvalue weighted by Crippen LogP contribution is 2.26. The lowest BCUT2D eigenvalue weighted by Gasteiger charge is -2.12. The summed E-state index contributed by atoms with van der Waals surface area (Å²) in [4.78, 5) is 39.2. The predicted octanol–water partition coefficient (Wildman–Crippen LogP) is 4.05. The number of nitrogens with one attached hydrogen (secondary N) is 3. The molecule has 0 aliphatic heterocycles. The van der Waals surface area contributed by atoms with Crippen LogP contribution in [0.25, 0.3) is 11.3 Å². The van der Waals surface area contributed by atoms with E-state index in [1.54, 1.807) is 36.4 Å². The average molecular weight is 390 g/mol. The largest absolute Gasteiger partial charge is 0.465 e. The Balaban J connectivity index is 1.88. The van der Waals surface area contributed by atoms with Crippen LogP contribution in [0.1, 0.15) is 17.3 Å². The zero-order chi connectivity index (χ0) is 20.8. The van der Waals surface area contributed by atoms with E-state index in [-0.39, 0.29) is 17.4 Å². The van der Waals surface area contributed by atoms with Gasteiger partial charge in [0.05, 0.1) is 11.4 Å². The molecule has 0 spiro atoms. The number of amides is 3. The van der Waals surface area contributed by atoms with E-state index in [4.69, 9.17) is 5.11 Å². The third kappa shape index (κ3) is 5.16. The van der Waals surface area contributed by atoms with Gasteiger partial charge in [0.25, 0.3) is 5.91 Å². The Hall–Kier alpha value is -4.20. The molecule has 4 N–H and O–H groups in total. The number of hydrogen-bond donors (Lipinski definition) is 4. The summed E-state index contributed by atoms with van der Waals surface area (Å²) < 4.78 is 0. The van der Waals surface area contributed by atoms with Crippen molar-refractivity contribution < 1.29 is 19.5 Å². The summed E-state index contributed by atoms with van der Waals surface area (Å²) >= 11 is 0. The molecule has 3 amide bonds. The monoisotopic (exact) mass is 390 g/mol. The van der Waals surface area contributed by atoms with Gasteiger partial charge < -0.3 is 15.7 Å². The van der Waals surface area contributed by atoms with Crippen molar-refractivity contribution in [1.82, 2.24) is 4.98 Å². The van der Waals surface area contributed by atoms with Gasteiger partial charge in [-0.25, -0.2) is 9.78 Å². The maximum atomic E-state index is 12.6. The highest BCUT2D eigenvalue weighted by molar-refractivity contribution is 6.06. The third-order valence-corrected chi connectivity index (χ3v) is 3.91. The lowest BCUT2D eigenvalue weighted by Crippen LogP contribution is -2.17. The molecule has 146 valence electrons. The summed E-state index contributed by atoms with van der Waals surface area (Å²) in [5, 5.41) is 16.5. The van der Waals surface area contributed by atoms with Crippen LogP contribution in [0.3, 0.4) is 0 Å². The first-order valence-corrected chi connectivity index (χ1v) is 8.68. The molecule has 2 aromatic carbocycles. The fourth-order valence-electron chi connectivity index (χ4n) is 2.63. The van der Waals surface area contributed by atoms with Gasteiger partial charge in [0.1, 0.15) is 0 Å². The van der Waals surface area contributed by atoms with Crippen molar-refractivity contribution >= 4 is 35.1 Å². The van der Waals surface area contributed by atoms with Crippen LogP contribution in [-0.4, -0.2) is 28.0 Å². The van der Waals surface area contributed by atoms with Crippen LogP contribution in [0.2, 0.25) is 0 Å². The van der Waals surface area contributed by atoms with E-state index in [2.05, 4.69) is 20.9 Å². The number of carboxylic acid groups (broad SMARTS) is 1. The summed E-state index contributed by atoms with van der Waals surface area (Å²) in [6.07, 6.45) is -1.27. The minimum absolute atomic E-state index is 0.0877. The second-order valence-corrected chi connectivity index (χ2v) is 6.10. The molecule has 0 bridgehead atoms. The van der Waals surface area contributed by atoms with Gasteiger partial charge in [-0.05, 0) is 36.4 Å². The van der Waals surface area contributed by atoms with Gasteiger partial charge in [0.15, 0.2) is 5.82 Å². The standard InChI is InChI=1S/C21H18N4O4/c1-13(26)22-16-9-7-15(8-10-16)20(27)25-19-18(24-21(28)29)12-11-17(23-19)14-5-3-2-4-6-14/h2-12,24H,1H3,(H,22,26)(H,28,29)(H,23,25,27). The Labute approximate surface area is 166 Å². The van der Waals surface area contributed by atoms with E-state index < -0.39 is 12.0 Å². The molecule has 0 atom stereocenters. The molecule has 0 saturated carbocycles. The number of hydrogen-bond acceptors (Lipinski definition) is 4. The molecular weight excluding hydrogens is 372 g/mol. The van der Waals surface area contributed by atoms with Crippen molar-refractivity contribution in [3.05, 3.63) is 72.3 Å². The molecule has 0 fully saturated rings. The highest BCUT2D eigenvalue weighted by atomic mass is 16.4. The van der Waals surface area contributed by atoms with Crippen molar-refractivity contribution in [3.63, 3.8) is 0 Å². The second-order valence-electron chi connectivity index (χ2n) is 6.10. The van der Waals surface area contributed by atoms with Crippen molar-refractivity contribution in [2.24, 2.45) is 0 Å². The van der Waals surface area contributed by atoms with Crippen LogP contribution in [0.4, 0.5) is 22.0 Å². The molecule has 1 heterocycles. The molecule has 8 nitrogen and oxygen atoms in total. The van der Waals surface area contributed by atoms with E-state index in [0.29, 0.717) is 16.9 Å². The fraction of sp³-hybridized carbons (Fsp3) is 0.0476. The average Bonchev–Trinajstić information content (AvgIpc) is 2.69. The number of aromatic nitrogens is 1. The molecule has 0 aliphatic carbocycles. The van der Waals surface area contributed by atoms with E-state index in [1.807, 2.05) is 30.3 Å². The van der Waals surface area contributed by atoms with Crippen LogP contribution in [0, 0.1) is 0 Å². The first kappa shape index (κ1) is 19.6. The van der Waals surface area contributed by atoms with Crippen LogP contribution in [0.5, 0.6) is 0 Å². The summed E-state index contributed by atoms with van der Waals surface area (Å²) in [5.74, 6) is -0.594. The van der Waals surface area contributed by atoms with Gasteiger partial charge in [-0.1, -0.05) is 30.3 Å². The molecule has 3 rings (SSSR count). The Morgan fingerprint density at radius 3 is 2.14 bits per heavy atom. The summed E-state index contributed by atoms with van der Waals surface area (Å²) in [6.45, 7) is 1.39. The summed E-state index contributed by atoms with van der Waals surface area (Å²) in [6, 6.07) is 18.8. The third-order valence-electron chi connectivity index (χ3n) is 3.91. The van der Waals surface area contributed by atoms with Crippen LogP contribution >= 0.6 is 0 Å². The van der Waals surface area contributed by atoms with Gasteiger partial charge in [-0.3, -0.25) is 14.9 Å². The van der Waals surface area contributed by atoms with Gasteiger partial charge in [0.2, 0.25) is 5.91 Å². The number of carbonyl (C=O) groups is 3. The van der Waals surface area contributed by atoms with Crippen LogP contribution in [-0.2, 0) is 4.79 Å². The predicted molar refractivity (Wildman–Crippen MR) is 110 cm³/mol. The van der Waals surface area contributed by atoms with E-state index >= 15 is 0 Å². The Bertz CT molecular complexity index is 1050. The lowest BCUT2D eigenvalue weighted by molar-refractivity contribution is -0.114.